The summed E-state index contributed by atoms with van der Waals surface area (Å²) in [6.07, 6.45) is 0. The van der Waals surface area contributed by atoms with E-state index in [0.29, 0.717) is 31.3 Å². The molecule has 0 atom stereocenters. The molecular formula is C55H33NS3. The molecule has 59 heavy (non-hydrogen) atoms. The zero-order valence-corrected chi connectivity index (χ0v) is 33.7. The van der Waals surface area contributed by atoms with E-state index in [2.05, 4.69) is 115 Å². The van der Waals surface area contributed by atoms with Crippen molar-refractivity contribution in [2.75, 3.05) is 4.90 Å². The number of hydrogen-bond acceptors (Lipinski definition) is 4. The van der Waals surface area contributed by atoms with E-state index in [1.807, 2.05) is 53.4 Å². The maximum Gasteiger partial charge on any atom is 0.0735 e. The van der Waals surface area contributed by atoms with E-state index >= 15 is 0 Å². The Labute approximate surface area is 362 Å². The van der Waals surface area contributed by atoms with Crippen LogP contribution < -0.4 is 4.90 Å². The second-order valence-corrected chi connectivity index (χ2v) is 18.2. The Bertz CT molecular complexity index is 3810. The molecular weight excluding hydrogens is 771 g/mol. The molecule has 11 aromatic rings. The normalized spacial score (nSPS) is 14.9. The van der Waals surface area contributed by atoms with Gasteiger partial charge in [-0.1, -0.05) is 157 Å². The Morgan fingerprint density at radius 3 is 2.02 bits per heavy atom. The summed E-state index contributed by atoms with van der Waals surface area (Å²) in [4.78, 5) is 4.22. The SMILES string of the molecule is [2H]c1c(N(c2ccc3c(c2)Sc2ccccc2C32c3ccccc3-c3ccccc32)c2cccc3c2sc2ccccc23)c([2H])c2c(sc3c([2H])c([2H])c([2H])c(-c4ccccc4)c32)c1[2H]. The van der Waals surface area contributed by atoms with Gasteiger partial charge in [-0.05, 0) is 99.0 Å². The van der Waals surface area contributed by atoms with E-state index in [4.69, 9.17) is 2.74 Å². The summed E-state index contributed by atoms with van der Waals surface area (Å²) in [6, 6.07) is 56.2. The number of thiophene rings is 2. The maximum atomic E-state index is 10.3. The van der Waals surface area contributed by atoms with Crippen LogP contribution in [0.5, 0.6) is 0 Å². The van der Waals surface area contributed by atoms with Gasteiger partial charge in [0.15, 0.2) is 0 Å². The summed E-state index contributed by atoms with van der Waals surface area (Å²) in [6.45, 7) is 0. The molecule has 1 aliphatic carbocycles. The number of fused-ring (bicyclic) bond motifs is 15. The quantitative estimate of drug-likeness (QED) is 0.174. The fourth-order valence-corrected chi connectivity index (χ4v) is 13.1. The van der Waals surface area contributed by atoms with Crippen LogP contribution in [0.1, 0.15) is 30.5 Å². The topological polar surface area (TPSA) is 3.24 Å². The van der Waals surface area contributed by atoms with Crippen LogP contribution in [0.2, 0.25) is 0 Å². The van der Waals surface area contributed by atoms with Crippen LogP contribution >= 0.6 is 34.4 Å². The molecule has 2 aliphatic rings. The molecule has 0 N–H and O–H groups in total. The Hall–Kier alpha value is -6.43. The first kappa shape index (κ1) is 28.1. The lowest BCUT2D eigenvalue weighted by molar-refractivity contribution is 0.722. The standard InChI is InChI=1S/C55H33NS3/c1-2-14-34(15-3-1)37-19-13-27-51-53(37)42-32-35(29-31-49(42)57-51)56(47-24-12-20-41-40-18-6-10-25-48(40)59-54(41)47)36-28-30-46-52(33-36)58-50-26-11-9-23-45(50)55(46)43-21-7-4-16-38(43)39-17-5-8-22-44(39)55/h1-33H/i13D,19D,27D,29D,31D,32D. The highest BCUT2D eigenvalue weighted by molar-refractivity contribution is 7.99. The lowest BCUT2D eigenvalue weighted by Gasteiger charge is -2.40. The van der Waals surface area contributed by atoms with Gasteiger partial charge in [0.25, 0.3) is 0 Å². The predicted octanol–water partition coefficient (Wildman–Crippen LogP) is 16.4. The smallest absolute Gasteiger partial charge is 0.0735 e. The average Bonchev–Trinajstić information content (AvgIpc) is 4.02. The van der Waals surface area contributed by atoms with Gasteiger partial charge in [0.1, 0.15) is 0 Å². The monoisotopic (exact) mass is 809 g/mol. The van der Waals surface area contributed by atoms with Crippen LogP contribution in [0.3, 0.4) is 0 Å². The Morgan fingerprint density at radius 1 is 0.458 bits per heavy atom. The third-order valence-corrected chi connectivity index (χ3v) is 15.4. The van der Waals surface area contributed by atoms with Gasteiger partial charge in [-0.25, -0.2) is 0 Å². The Kier molecular flexibility index (Phi) is 6.08. The minimum Gasteiger partial charge on any atom is -0.309 e. The highest BCUT2D eigenvalue weighted by Gasteiger charge is 2.50. The van der Waals surface area contributed by atoms with Crippen molar-refractivity contribution in [1.29, 1.82) is 0 Å². The van der Waals surface area contributed by atoms with E-state index in [-0.39, 0.29) is 41.9 Å². The van der Waals surface area contributed by atoms with Gasteiger partial charge < -0.3 is 4.90 Å². The minimum absolute atomic E-state index is 0.0323. The third kappa shape index (κ3) is 4.74. The van der Waals surface area contributed by atoms with Crippen LogP contribution in [0, 0.1) is 0 Å². The summed E-state index contributed by atoms with van der Waals surface area (Å²) in [5.74, 6) is 0. The van der Waals surface area contributed by atoms with Crippen LogP contribution in [-0.2, 0) is 5.41 Å². The number of nitrogens with zero attached hydrogens (tertiary/aromatic N) is 1. The van der Waals surface area contributed by atoms with E-state index in [9.17, 15) is 5.48 Å². The first-order valence-corrected chi connectivity index (χ1v) is 22.0. The average molecular weight is 810 g/mol. The predicted molar refractivity (Wildman–Crippen MR) is 254 cm³/mol. The highest BCUT2D eigenvalue weighted by Crippen LogP contribution is 2.62. The molecule has 1 aliphatic heterocycles. The lowest BCUT2D eigenvalue weighted by atomic mass is 9.67. The molecule has 1 spiro atoms. The molecule has 276 valence electrons. The second-order valence-electron chi connectivity index (χ2n) is 15.1. The fraction of sp³-hybridized carbons (Fsp3) is 0.0182. The van der Waals surface area contributed by atoms with Crippen molar-refractivity contribution < 1.29 is 8.22 Å². The zero-order chi connectivity index (χ0) is 43.9. The molecule has 0 saturated carbocycles. The van der Waals surface area contributed by atoms with Gasteiger partial charge in [-0.15, -0.1) is 22.7 Å². The molecule has 3 heterocycles. The first-order chi connectivity index (χ1) is 31.8. The first-order valence-electron chi connectivity index (χ1n) is 22.6. The van der Waals surface area contributed by atoms with E-state index in [1.165, 1.54) is 39.2 Å². The maximum absolute atomic E-state index is 10.3. The number of anilines is 3. The Balaban J connectivity index is 1.14. The van der Waals surface area contributed by atoms with Crippen molar-refractivity contribution in [1.82, 2.24) is 0 Å². The fourth-order valence-electron chi connectivity index (χ4n) is 9.66. The van der Waals surface area contributed by atoms with E-state index in [0.717, 1.165) is 46.9 Å². The molecule has 0 bridgehead atoms. The van der Waals surface area contributed by atoms with Crippen molar-refractivity contribution in [2.45, 2.75) is 15.2 Å². The van der Waals surface area contributed by atoms with Gasteiger partial charge >= 0.3 is 0 Å². The Morgan fingerprint density at radius 2 is 1.17 bits per heavy atom. The molecule has 0 unspecified atom stereocenters. The molecule has 0 amide bonds. The molecule has 0 radical (unpaired) electrons. The number of hydrogen-bond donors (Lipinski definition) is 0. The largest absolute Gasteiger partial charge is 0.309 e. The van der Waals surface area contributed by atoms with Gasteiger partial charge in [-0.2, -0.15) is 0 Å². The molecule has 4 heteroatoms. The summed E-state index contributed by atoms with van der Waals surface area (Å²) < 4.78 is 60.1. The summed E-state index contributed by atoms with van der Waals surface area (Å²) in [5.41, 5.74) is 9.63. The van der Waals surface area contributed by atoms with Crippen molar-refractivity contribution >= 4 is 91.8 Å². The van der Waals surface area contributed by atoms with Crippen LogP contribution in [0.4, 0.5) is 17.1 Å². The van der Waals surface area contributed by atoms with Gasteiger partial charge in [0.2, 0.25) is 0 Å². The molecule has 2 aromatic heterocycles. The zero-order valence-electron chi connectivity index (χ0n) is 37.3. The van der Waals surface area contributed by atoms with Gasteiger partial charge in [-0.3, -0.25) is 0 Å². The van der Waals surface area contributed by atoms with E-state index < -0.39 is 5.41 Å². The molecule has 1 nitrogen and oxygen atoms in total. The van der Waals surface area contributed by atoms with Gasteiger partial charge in [0.05, 0.1) is 24.0 Å². The third-order valence-electron chi connectivity index (χ3n) is 12.1. The van der Waals surface area contributed by atoms with Crippen LogP contribution in [-0.4, -0.2) is 0 Å². The van der Waals surface area contributed by atoms with Crippen molar-refractivity contribution in [3.8, 4) is 22.3 Å². The highest BCUT2D eigenvalue weighted by atomic mass is 32.2. The summed E-state index contributed by atoms with van der Waals surface area (Å²) in [7, 11) is 0. The number of rotatable bonds is 4. The summed E-state index contributed by atoms with van der Waals surface area (Å²) in [5, 5.41) is 3.09. The molecule has 0 fully saturated rings. The van der Waals surface area contributed by atoms with Crippen LogP contribution in [0.15, 0.2) is 210 Å². The van der Waals surface area contributed by atoms with Crippen molar-refractivity contribution in [3.05, 3.63) is 222 Å². The van der Waals surface area contributed by atoms with Crippen LogP contribution in [0.25, 0.3) is 62.6 Å². The molecule has 9 aromatic carbocycles. The van der Waals surface area contributed by atoms with Crippen molar-refractivity contribution in [2.24, 2.45) is 0 Å². The van der Waals surface area contributed by atoms with Gasteiger partial charge in [0, 0.05) is 56.8 Å². The van der Waals surface area contributed by atoms with Crippen molar-refractivity contribution in [3.63, 3.8) is 0 Å². The van der Waals surface area contributed by atoms with E-state index in [1.54, 1.807) is 23.1 Å². The number of benzene rings is 9. The molecule has 0 saturated heterocycles. The minimum atomic E-state index is -0.588. The summed E-state index contributed by atoms with van der Waals surface area (Å²) >= 11 is 4.57. The second kappa shape index (κ2) is 12.8. The molecule has 13 rings (SSSR count). The lowest BCUT2D eigenvalue weighted by Crippen LogP contribution is -2.32.